The number of likely N-dealkylation sites (tertiary alicyclic amines) is 1. The van der Waals surface area contributed by atoms with E-state index in [0.29, 0.717) is 5.56 Å². The molecule has 0 spiro atoms. The summed E-state index contributed by atoms with van der Waals surface area (Å²) in [6.45, 7) is 10.0. The zero-order valence-corrected chi connectivity index (χ0v) is 20.7. The topological polar surface area (TPSA) is 73.7 Å². The summed E-state index contributed by atoms with van der Waals surface area (Å²) in [5.74, 6) is -1.43. The number of hydrogen-bond acceptors (Lipinski definition) is 5. The van der Waals surface area contributed by atoms with Crippen LogP contribution in [-0.2, 0) is 16.1 Å². The summed E-state index contributed by atoms with van der Waals surface area (Å²) in [4.78, 5) is 34.4. The van der Waals surface area contributed by atoms with E-state index >= 15 is 0 Å². The number of rotatable bonds is 7. The van der Waals surface area contributed by atoms with Crippen molar-refractivity contribution >= 4 is 23.1 Å². The maximum atomic E-state index is 13.3. The lowest BCUT2D eigenvalue weighted by Crippen LogP contribution is -2.29. The van der Waals surface area contributed by atoms with Crippen LogP contribution in [0.25, 0.3) is 5.76 Å². The summed E-state index contributed by atoms with van der Waals surface area (Å²) in [5.41, 5.74) is 5.19. The number of carbonyl (C=O) groups is 2. The molecule has 35 heavy (non-hydrogen) atoms. The zero-order valence-electron chi connectivity index (χ0n) is 20.7. The predicted molar refractivity (Wildman–Crippen MR) is 138 cm³/mol. The number of Topliss-reactive ketones (excluding diaryl/α,β-unsaturated/α-hetero) is 1. The molecule has 0 saturated carbocycles. The van der Waals surface area contributed by atoms with Crippen LogP contribution in [0, 0.1) is 13.8 Å². The molecule has 1 aliphatic rings. The van der Waals surface area contributed by atoms with Crippen LogP contribution in [0.2, 0.25) is 0 Å². The second-order valence-corrected chi connectivity index (χ2v) is 8.86. The molecular weight excluding hydrogens is 438 g/mol. The smallest absolute Gasteiger partial charge is 0.295 e. The number of benzene rings is 2. The zero-order chi connectivity index (χ0) is 25.1. The van der Waals surface area contributed by atoms with Gasteiger partial charge >= 0.3 is 0 Å². The number of aliphatic hydroxyl groups is 1. The molecule has 0 aliphatic carbocycles. The van der Waals surface area contributed by atoms with E-state index in [1.54, 1.807) is 17.3 Å². The number of pyridine rings is 1. The minimum atomic E-state index is -0.700. The van der Waals surface area contributed by atoms with Crippen LogP contribution in [0.3, 0.4) is 0 Å². The van der Waals surface area contributed by atoms with Crippen molar-refractivity contribution in [3.8, 4) is 0 Å². The van der Waals surface area contributed by atoms with Gasteiger partial charge in [0.05, 0.1) is 11.6 Å². The van der Waals surface area contributed by atoms with Crippen molar-refractivity contribution in [1.29, 1.82) is 0 Å². The van der Waals surface area contributed by atoms with Gasteiger partial charge in [-0.15, -0.1) is 0 Å². The predicted octanol–water partition coefficient (Wildman–Crippen LogP) is 5.17. The third-order valence-electron chi connectivity index (χ3n) is 6.63. The second kappa shape index (κ2) is 10.1. The van der Waals surface area contributed by atoms with E-state index in [4.69, 9.17) is 0 Å². The maximum absolute atomic E-state index is 13.3. The van der Waals surface area contributed by atoms with E-state index in [-0.39, 0.29) is 17.9 Å². The molecule has 6 nitrogen and oxygen atoms in total. The van der Waals surface area contributed by atoms with Gasteiger partial charge in [-0.25, -0.2) is 0 Å². The molecule has 1 N–H and O–H groups in total. The molecule has 1 aliphatic heterocycles. The Hall–Kier alpha value is -3.93. The van der Waals surface area contributed by atoms with Crippen molar-refractivity contribution in [2.75, 3.05) is 18.0 Å². The van der Waals surface area contributed by atoms with Crippen molar-refractivity contribution in [3.63, 3.8) is 0 Å². The average molecular weight is 470 g/mol. The minimum Gasteiger partial charge on any atom is -0.507 e. The third kappa shape index (κ3) is 4.69. The molecule has 1 unspecified atom stereocenters. The number of amides is 1. The molecule has 1 saturated heterocycles. The fraction of sp³-hybridized carbons (Fsp3) is 0.276. The Morgan fingerprint density at radius 3 is 2.26 bits per heavy atom. The molecule has 0 radical (unpaired) electrons. The first-order valence-electron chi connectivity index (χ1n) is 12.0. The van der Waals surface area contributed by atoms with E-state index < -0.39 is 17.7 Å². The molecule has 6 heteroatoms. The molecule has 0 bridgehead atoms. The van der Waals surface area contributed by atoms with E-state index in [1.165, 1.54) is 0 Å². The Labute approximate surface area is 206 Å². The fourth-order valence-corrected chi connectivity index (χ4v) is 4.67. The number of aliphatic hydroxyl groups excluding tert-OH is 1. The largest absolute Gasteiger partial charge is 0.507 e. The number of ketones is 1. The summed E-state index contributed by atoms with van der Waals surface area (Å²) in [5, 5.41) is 11.4. The molecule has 4 rings (SSSR count). The normalized spacial score (nSPS) is 17.1. The number of aromatic nitrogens is 1. The molecule has 1 aromatic heterocycles. The Morgan fingerprint density at radius 2 is 1.63 bits per heavy atom. The van der Waals surface area contributed by atoms with Crippen molar-refractivity contribution < 1.29 is 14.7 Å². The van der Waals surface area contributed by atoms with Crippen molar-refractivity contribution in [2.45, 2.75) is 40.3 Å². The number of aryl methyl sites for hydroxylation is 2. The van der Waals surface area contributed by atoms with Crippen molar-refractivity contribution in [3.05, 3.63) is 100 Å². The molecule has 1 fully saturated rings. The highest BCUT2D eigenvalue weighted by Crippen LogP contribution is 2.41. The van der Waals surface area contributed by atoms with Crippen LogP contribution >= 0.6 is 0 Å². The van der Waals surface area contributed by atoms with Gasteiger partial charge < -0.3 is 14.9 Å². The highest BCUT2D eigenvalue weighted by Gasteiger charge is 2.46. The molecular formula is C29H31N3O3. The molecule has 1 atom stereocenters. The van der Waals surface area contributed by atoms with Crippen molar-refractivity contribution in [1.82, 2.24) is 9.88 Å². The average Bonchev–Trinajstić information content (AvgIpc) is 3.12. The van der Waals surface area contributed by atoms with Gasteiger partial charge in [0.25, 0.3) is 11.7 Å². The number of carbonyl (C=O) groups excluding carboxylic acids is 2. The Bertz CT molecular complexity index is 1260. The lowest BCUT2D eigenvalue weighted by Gasteiger charge is -2.27. The molecule has 2 heterocycles. The fourth-order valence-electron chi connectivity index (χ4n) is 4.67. The summed E-state index contributed by atoms with van der Waals surface area (Å²) in [6.07, 6.45) is 3.33. The third-order valence-corrected chi connectivity index (χ3v) is 6.63. The van der Waals surface area contributed by atoms with Crippen LogP contribution in [0.15, 0.2) is 72.6 Å². The first-order chi connectivity index (χ1) is 16.8. The van der Waals surface area contributed by atoms with Crippen LogP contribution < -0.4 is 4.90 Å². The summed E-state index contributed by atoms with van der Waals surface area (Å²) in [7, 11) is 0. The van der Waals surface area contributed by atoms with Gasteiger partial charge in [0, 0.05) is 43.3 Å². The number of anilines is 1. The van der Waals surface area contributed by atoms with E-state index in [9.17, 15) is 14.7 Å². The van der Waals surface area contributed by atoms with Gasteiger partial charge in [0.2, 0.25) is 0 Å². The monoisotopic (exact) mass is 469 g/mol. The van der Waals surface area contributed by atoms with Crippen LogP contribution in [-0.4, -0.2) is 39.8 Å². The van der Waals surface area contributed by atoms with Gasteiger partial charge in [0.15, 0.2) is 0 Å². The van der Waals surface area contributed by atoms with Gasteiger partial charge in [0.1, 0.15) is 5.76 Å². The first kappa shape index (κ1) is 24.2. The SMILES string of the molecule is CCN(CC)c1ccc(C2/C(=C(\O)c3cc(C)ccc3C)C(=O)C(=O)N2Cc2ccncc2)cc1. The Kier molecular flexibility index (Phi) is 7.01. The van der Waals surface area contributed by atoms with Crippen LogP contribution in [0.1, 0.15) is 47.7 Å². The molecule has 3 aromatic rings. The highest BCUT2D eigenvalue weighted by molar-refractivity contribution is 6.46. The maximum Gasteiger partial charge on any atom is 0.295 e. The molecule has 2 aromatic carbocycles. The van der Waals surface area contributed by atoms with E-state index in [0.717, 1.165) is 41.0 Å². The van der Waals surface area contributed by atoms with E-state index in [2.05, 4.69) is 23.7 Å². The van der Waals surface area contributed by atoms with E-state index in [1.807, 2.05) is 68.4 Å². The van der Waals surface area contributed by atoms with Crippen molar-refractivity contribution in [2.24, 2.45) is 0 Å². The quantitative estimate of drug-likeness (QED) is 0.294. The second-order valence-electron chi connectivity index (χ2n) is 8.86. The Morgan fingerprint density at radius 1 is 0.971 bits per heavy atom. The standard InChI is InChI=1S/C29H31N3O3/c1-5-31(6-2)23-11-9-22(10-12-23)26-25(27(33)24-17-19(3)7-8-20(24)4)28(34)29(35)32(26)18-21-13-15-30-16-14-21/h7-17,26,33H,5-6,18H2,1-4H3/b27-25+. The minimum absolute atomic E-state index is 0.119. The van der Waals surface area contributed by atoms with Crippen LogP contribution in [0.4, 0.5) is 5.69 Å². The Balaban J connectivity index is 1.86. The molecule has 180 valence electrons. The number of nitrogens with zero attached hydrogens (tertiary/aromatic N) is 3. The lowest BCUT2D eigenvalue weighted by atomic mass is 9.93. The first-order valence-corrected chi connectivity index (χ1v) is 12.0. The summed E-state index contributed by atoms with van der Waals surface area (Å²) in [6, 6.07) is 16.6. The van der Waals surface area contributed by atoms with Gasteiger partial charge in [-0.1, -0.05) is 29.8 Å². The van der Waals surface area contributed by atoms with Gasteiger partial charge in [-0.05, 0) is 74.7 Å². The lowest BCUT2D eigenvalue weighted by molar-refractivity contribution is -0.140. The number of hydrogen-bond donors (Lipinski definition) is 1. The summed E-state index contributed by atoms with van der Waals surface area (Å²) >= 11 is 0. The highest BCUT2D eigenvalue weighted by atomic mass is 16.3. The van der Waals surface area contributed by atoms with Gasteiger partial charge in [-0.3, -0.25) is 14.6 Å². The molecule has 1 amide bonds. The van der Waals surface area contributed by atoms with Gasteiger partial charge in [-0.2, -0.15) is 0 Å². The van der Waals surface area contributed by atoms with Crippen LogP contribution in [0.5, 0.6) is 0 Å². The summed E-state index contributed by atoms with van der Waals surface area (Å²) < 4.78 is 0.